The normalized spacial score (nSPS) is 16.1. The van der Waals surface area contributed by atoms with Gasteiger partial charge in [-0.3, -0.25) is 0 Å². The Morgan fingerprint density at radius 1 is 0.955 bits per heavy atom. The van der Waals surface area contributed by atoms with Crippen molar-refractivity contribution < 1.29 is 22.7 Å². The predicted octanol–water partition coefficient (Wildman–Crippen LogP) is 4.17. The Balaban J connectivity index is 1.73. The maximum atomic E-state index is 14.6. The van der Waals surface area contributed by atoms with Gasteiger partial charge in [-0.2, -0.15) is 0 Å². The summed E-state index contributed by atoms with van der Waals surface area (Å²) in [6.45, 7) is 1.16. The van der Waals surface area contributed by atoms with Crippen LogP contribution >= 0.6 is 0 Å². The van der Waals surface area contributed by atoms with Crippen molar-refractivity contribution in [3.8, 4) is 0 Å². The lowest BCUT2D eigenvalue weighted by molar-refractivity contribution is -0.0462. The molecule has 0 aliphatic carbocycles. The zero-order valence-electron chi connectivity index (χ0n) is 11.8. The molecule has 5 heteroatoms. The Morgan fingerprint density at radius 3 is 2.55 bits per heavy atom. The fraction of sp³-hybridized carbons (Fsp3) is 0.294. The molecule has 2 aromatic carbocycles. The van der Waals surface area contributed by atoms with Crippen molar-refractivity contribution in [1.29, 1.82) is 0 Å². The minimum Gasteiger partial charge on any atom is -0.450 e. The molecule has 22 heavy (non-hydrogen) atoms. The molecule has 1 aliphatic rings. The van der Waals surface area contributed by atoms with Gasteiger partial charge in [0.1, 0.15) is 0 Å². The third-order valence-electron chi connectivity index (χ3n) is 3.98. The maximum Gasteiger partial charge on any atom is 0.171 e. The summed E-state index contributed by atoms with van der Waals surface area (Å²) in [4.78, 5) is 0. The van der Waals surface area contributed by atoms with Crippen molar-refractivity contribution in [2.75, 3.05) is 13.2 Å². The zero-order chi connectivity index (χ0) is 15.1. The summed E-state index contributed by atoms with van der Waals surface area (Å²) in [6, 6.07) is 8.11. The van der Waals surface area contributed by atoms with Gasteiger partial charge in [0.05, 0.1) is 13.2 Å². The van der Waals surface area contributed by atoms with E-state index in [1.165, 1.54) is 6.07 Å². The number of aryl methyl sites for hydroxylation is 1. The van der Waals surface area contributed by atoms with Gasteiger partial charge in [-0.1, -0.05) is 18.2 Å². The van der Waals surface area contributed by atoms with Crippen molar-refractivity contribution in [1.82, 2.24) is 0 Å². The molecule has 2 heterocycles. The number of halogens is 2. The van der Waals surface area contributed by atoms with E-state index in [1.54, 1.807) is 24.3 Å². The van der Waals surface area contributed by atoms with Gasteiger partial charge in [-0.15, -0.1) is 0 Å². The third kappa shape index (κ3) is 2.17. The van der Waals surface area contributed by atoms with E-state index in [-0.39, 0.29) is 17.5 Å². The van der Waals surface area contributed by atoms with E-state index in [9.17, 15) is 8.78 Å². The maximum absolute atomic E-state index is 14.6. The molecular weight excluding hydrogens is 290 g/mol. The molecular formula is C17H14F2O3. The number of hydrogen-bond acceptors (Lipinski definition) is 3. The molecule has 0 N–H and O–H groups in total. The molecule has 0 unspecified atom stereocenters. The molecule has 0 radical (unpaired) electrons. The van der Waals surface area contributed by atoms with Crippen LogP contribution in [0.2, 0.25) is 0 Å². The van der Waals surface area contributed by atoms with Crippen LogP contribution in [0.3, 0.4) is 0 Å². The summed E-state index contributed by atoms with van der Waals surface area (Å²) >= 11 is 0. The third-order valence-corrected chi connectivity index (χ3v) is 3.98. The monoisotopic (exact) mass is 304 g/mol. The van der Waals surface area contributed by atoms with Crippen LogP contribution in [0, 0.1) is 11.6 Å². The summed E-state index contributed by atoms with van der Waals surface area (Å²) in [7, 11) is 0. The first-order valence-corrected chi connectivity index (χ1v) is 7.25. The molecule has 0 bridgehead atoms. The molecule has 4 rings (SSSR count). The average Bonchev–Trinajstić information content (AvgIpc) is 3.15. The zero-order valence-corrected chi connectivity index (χ0v) is 11.8. The Morgan fingerprint density at radius 2 is 1.73 bits per heavy atom. The van der Waals surface area contributed by atoms with Crippen LogP contribution in [0.1, 0.15) is 12.0 Å². The van der Waals surface area contributed by atoms with Crippen LogP contribution < -0.4 is 0 Å². The first-order valence-electron chi connectivity index (χ1n) is 7.25. The van der Waals surface area contributed by atoms with E-state index >= 15 is 0 Å². The standard InChI is InChI=1S/C17H14F2O3/c18-13-3-1-2-11-12-6-4-10(5-7-14-20-8-9-21-14)15(19)17(12)22-16(11)13/h1-4,6,14H,5,7-9H2. The van der Waals surface area contributed by atoms with Crippen LogP contribution in [0.4, 0.5) is 8.78 Å². The second-order valence-corrected chi connectivity index (χ2v) is 5.34. The van der Waals surface area contributed by atoms with Crippen LogP contribution in [-0.4, -0.2) is 19.5 Å². The number of hydrogen-bond donors (Lipinski definition) is 0. The van der Waals surface area contributed by atoms with Crippen molar-refractivity contribution in [2.45, 2.75) is 19.1 Å². The first-order chi connectivity index (χ1) is 10.7. The van der Waals surface area contributed by atoms with Gasteiger partial charge in [-0.05, 0) is 24.1 Å². The van der Waals surface area contributed by atoms with E-state index in [0.29, 0.717) is 42.4 Å². The fourth-order valence-electron chi connectivity index (χ4n) is 2.88. The van der Waals surface area contributed by atoms with E-state index in [2.05, 4.69) is 0 Å². The van der Waals surface area contributed by atoms with Crippen molar-refractivity contribution in [3.05, 3.63) is 47.5 Å². The molecule has 3 nitrogen and oxygen atoms in total. The van der Waals surface area contributed by atoms with Crippen LogP contribution in [0.15, 0.2) is 34.7 Å². The van der Waals surface area contributed by atoms with Crippen LogP contribution in [-0.2, 0) is 15.9 Å². The number of para-hydroxylation sites is 1. The Hall–Kier alpha value is -1.98. The van der Waals surface area contributed by atoms with Crippen molar-refractivity contribution >= 4 is 21.9 Å². The lowest BCUT2D eigenvalue weighted by Crippen LogP contribution is -2.09. The number of fused-ring (bicyclic) bond motifs is 3. The second-order valence-electron chi connectivity index (χ2n) is 5.34. The summed E-state index contributed by atoms with van der Waals surface area (Å²) < 4.78 is 44.5. The van der Waals surface area contributed by atoms with Gasteiger partial charge in [0, 0.05) is 17.2 Å². The molecule has 3 aromatic rings. The van der Waals surface area contributed by atoms with Gasteiger partial charge in [0.15, 0.2) is 29.1 Å². The quantitative estimate of drug-likeness (QED) is 0.728. The molecule has 0 spiro atoms. The summed E-state index contributed by atoms with van der Waals surface area (Å²) in [6.07, 6.45) is 0.784. The highest BCUT2D eigenvalue weighted by atomic mass is 19.1. The predicted molar refractivity (Wildman–Crippen MR) is 77.6 cm³/mol. The number of ether oxygens (including phenoxy) is 2. The summed E-state index contributed by atoms with van der Waals surface area (Å²) in [5.74, 6) is -0.923. The minimum atomic E-state index is -0.484. The Labute approximate surface area is 125 Å². The molecule has 1 aliphatic heterocycles. The largest absolute Gasteiger partial charge is 0.450 e. The van der Waals surface area contributed by atoms with E-state index in [0.717, 1.165) is 0 Å². The minimum absolute atomic E-state index is 0.0935. The Kier molecular flexibility index (Phi) is 3.32. The summed E-state index contributed by atoms with van der Waals surface area (Å²) in [5.41, 5.74) is 0.716. The highest BCUT2D eigenvalue weighted by molar-refractivity contribution is 6.05. The van der Waals surface area contributed by atoms with Gasteiger partial charge in [-0.25, -0.2) is 8.78 Å². The SMILES string of the molecule is Fc1cccc2c1oc1c(F)c(CCC3OCCO3)ccc12. The van der Waals surface area contributed by atoms with E-state index in [1.807, 2.05) is 0 Å². The average molecular weight is 304 g/mol. The van der Waals surface area contributed by atoms with Crippen LogP contribution in [0.25, 0.3) is 21.9 Å². The topological polar surface area (TPSA) is 31.6 Å². The van der Waals surface area contributed by atoms with Gasteiger partial charge < -0.3 is 13.9 Å². The second kappa shape index (κ2) is 5.34. The summed E-state index contributed by atoms with van der Waals surface area (Å²) in [5, 5.41) is 1.17. The molecule has 1 fully saturated rings. The molecule has 1 saturated heterocycles. The molecule has 1 aromatic heterocycles. The lowest BCUT2D eigenvalue weighted by Gasteiger charge is -2.09. The van der Waals surface area contributed by atoms with Gasteiger partial charge in [0.25, 0.3) is 0 Å². The highest BCUT2D eigenvalue weighted by Gasteiger charge is 2.19. The molecule has 0 amide bonds. The fourth-order valence-corrected chi connectivity index (χ4v) is 2.88. The van der Waals surface area contributed by atoms with Gasteiger partial charge >= 0.3 is 0 Å². The van der Waals surface area contributed by atoms with E-state index < -0.39 is 11.6 Å². The molecule has 114 valence electrons. The number of rotatable bonds is 3. The highest BCUT2D eigenvalue weighted by Crippen LogP contribution is 2.33. The lowest BCUT2D eigenvalue weighted by atomic mass is 10.1. The smallest absolute Gasteiger partial charge is 0.171 e. The Bertz CT molecular complexity index is 835. The van der Waals surface area contributed by atoms with Gasteiger partial charge in [0.2, 0.25) is 0 Å². The number of benzene rings is 2. The molecule has 0 atom stereocenters. The molecule has 0 saturated carbocycles. The van der Waals surface area contributed by atoms with E-state index in [4.69, 9.17) is 13.9 Å². The number of furan rings is 1. The van der Waals surface area contributed by atoms with Crippen molar-refractivity contribution in [2.24, 2.45) is 0 Å². The van der Waals surface area contributed by atoms with Crippen LogP contribution in [0.5, 0.6) is 0 Å². The van der Waals surface area contributed by atoms with Crippen molar-refractivity contribution in [3.63, 3.8) is 0 Å². The first kappa shape index (κ1) is 13.7.